The number of benzene rings is 1. The van der Waals surface area contributed by atoms with Crippen molar-refractivity contribution in [2.24, 2.45) is 0 Å². The Balaban J connectivity index is 3.15. The van der Waals surface area contributed by atoms with Crippen molar-refractivity contribution in [2.45, 2.75) is 19.0 Å². The highest BCUT2D eigenvalue weighted by Crippen LogP contribution is 2.34. The molecule has 0 aliphatic carbocycles. The van der Waals surface area contributed by atoms with Gasteiger partial charge in [-0.15, -0.1) is 6.58 Å². The topological polar surface area (TPSA) is 17.1 Å². The molecule has 1 aromatic rings. The van der Waals surface area contributed by atoms with Gasteiger partial charge in [0.15, 0.2) is 5.78 Å². The molecule has 0 heterocycles. The molecule has 0 unspecified atom stereocenters. The lowest BCUT2D eigenvalue weighted by atomic mass is 10.0. The van der Waals surface area contributed by atoms with E-state index in [9.17, 15) is 18.0 Å². The summed E-state index contributed by atoms with van der Waals surface area (Å²) in [5.74, 6) is -0.561. The van der Waals surface area contributed by atoms with Crippen molar-refractivity contribution in [1.29, 1.82) is 0 Å². The normalized spacial score (nSPS) is 11.3. The van der Waals surface area contributed by atoms with Gasteiger partial charge in [0, 0.05) is 17.0 Å². The summed E-state index contributed by atoms with van der Waals surface area (Å²) >= 11 is 5.50. The summed E-state index contributed by atoms with van der Waals surface area (Å²) in [5, 5.41) is -0.0439. The molecule has 5 heteroatoms. The van der Waals surface area contributed by atoms with Gasteiger partial charge < -0.3 is 0 Å². The molecule has 0 amide bonds. The van der Waals surface area contributed by atoms with Crippen molar-refractivity contribution < 1.29 is 18.0 Å². The van der Waals surface area contributed by atoms with E-state index in [1.165, 1.54) is 12.1 Å². The van der Waals surface area contributed by atoms with Crippen LogP contribution in [0.5, 0.6) is 0 Å². The van der Waals surface area contributed by atoms with E-state index in [1.807, 2.05) is 0 Å². The van der Waals surface area contributed by atoms with Gasteiger partial charge in [-0.2, -0.15) is 13.2 Å². The first-order valence-electron chi connectivity index (χ1n) is 4.87. The van der Waals surface area contributed by atoms with Gasteiger partial charge >= 0.3 is 6.18 Å². The summed E-state index contributed by atoms with van der Waals surface area (Å²) in [5.41, 5.74) is -1.33. The van der Waals surface area contributed by atoms with E-state index in [4.69, 9.17) is 11.6 Å². The fourth-order valence-electron chi connectivity index (χ4n) is 1.36. The average Bonchev–Trinajstić information content (AvgIpc) is 2.24. The molecule has 0 aliphatic heterocycles. The molecule has 0 saturated heterocycles. The second kappa shape index (κ2) is 5.36. The van der Waals surface area contributed by atoms with Gasteiger partial charge in [-0.3, -0.25) is 4.79 Å². The summed E-state index contributed by atoms with van der Waals surface area (Å²) in [7, 11) is 0. The Bertz CT molecular complexity index is 438. The lowest BCUT2D eigenvalue weighted by molar-refractivity contribution is -0.137. The van der Waals surface area contributed by atoms with Crippen LogP contribution in [0.3, 0.4) is 0 Å². The average molecular weight is 263 g/mol. The van der Waals surface area contributed by atoms with E-state index in [2.05, 4.69) is 6.58 Å². The van der Waals surface area contributed by atoms with Gasteiger partial charge in [0.1, 0.15) is 0 Å². The quantitative estimate of drug-likeness (QED) is 0.576. The highest BCUT2D eigenvalue weighted by Gasteiger charge is 2.35. The molecule has 92 valence electrons. The highest BCUT2D eigenvalue weighted by atomic mass is 35.5. The van der Waals surface area contributed by atoms with Gasteiger partial charge in [0.05, 0.1) is 5.56 Å². The maximum atomic E-state index is 12.7. The molecule has 1 nitrogen and oxygen atoms in total. The predicted molar refractivity (Wildman–Crippen MR) is 60.2 cm³/mol. The van der Waals surface area contributed by atoms with Crippen LogP contribution in [0.25, 0.3) is 0 Å². The number of alkyl halides is 3. The molecular weight excluding hydrogens is 253 g/mol. The molecule has 0 spiro atoms. The number of halogens is 4. The zero-order chi connectivity index (χ0) is 13.1. The van der Waals surface area contributed by atoms with Crippen LogP contribution in [0, 0.1) is 0 Å². The minimum atomic E-state index is -4.58. The molecule has 17 heavy (non-hydrogen) atoms. The summed E-state index contributed by atoms with van der Waals surface area (Å²) < 4.78 is 38.0. The maximum absolute atomic E-state index is 12.7. The monoisotopic (exact) mass is 262 g/mol. The molecule has 0 atom stereocenters. The van der Waals surface area contributed by atoms with E-state index in [0.29, 0.717) is 6.42 Å². The number of rotatable bonds is 4. The maximum Gasteiger partial charge on any atom is 0.417 e. The molecule has 0 aliphatic rings. The zero-order valence-electron chi connectivity index (χ0n) is 8.85. The zero-order valence-corrected chi connectivity index (χ0v) is 9.61. The van der Waals surface area contributed by atoms with Crippen LogP contribution in [-0.4, -0.2) is 5.78 Å². The third kappa shape index (κ3) is 3.60. The number of ketones is 1. The Morgan fingerprint density at radius 2 is 2.06 bits per heavy atom. The van der Waals surface area contributed by atoms with Crippen LogP contribution in [0.4, 0.5) is 13.2 Å². The first-order chi connectivity index (χ1) is 7.86. The second-order valence-electron chi connectivity index (χ2n) is 3.44. The summed E-state index contributed by atoms with van der Waals surface area (Å²) in [6.45, 7) is 3.42. The van der Waals surface area contributed by atoms with Crippen molar-refractivity contribution in [3.63, 3.8) is 0 Å². The molecule has 0 aromatic heterocycles. The number of allylic oxidation sites excluding steroid dienone is 1. The van der Waals surface area contributed by atoms with Crippen molar-refractivity contribution >= 4 is 17.4 Å². The molecular formula is C12H10ClF3O. The molecule has 0 saturated carbocycles. The van der Waals surface area contributed by atoms with Crippen LogP contribution in [0.15, 0.2) is 30.9 Å². The minimum absolute atomic E-state index is 0.00815. The van der Waals surface area contributed by atoms with Crippen LogP contribution in [-0.2, 0) is 6.18 Å². The van der Waals surface area contributed by atoms with E-state index in [-0.39, 0.29) is 17.0 Å². The van der Waals surface area contributed by atoms with Gasteiger partial charge in [-0.25, -0.2) is 0 Å². The number of Topliss-reactive ketones (excluding diaryl/α,β-unsaturated/α-hetero) is 1. The Labute approximate surface area is 102 Å². The van der Waals surface area contributed by atoms with Crippen molar-refractivity contribution in [3.05, 3.63) is 47.0 Å². The van der Waals surface area contributed by atoms with Crippen LogP contribution in [0.1, 0.15) is 28.8 Å². The van der Waals surface area contributed by atoms with Crippen molar-refractivity contribution in [2.75, 3.05) is 0 Å². The second-order valence-corrected chi connectivity index (χ2v) is 3.87. The third-order valence-electron chi connectivity index (χ3n) is 2.16. The molecule has 1 rings (SSSR count). The predicted octanol–water partition coefficient (Wildman–Crippen LogP) is 4.51. The van der Waals surface area contributed by atoms with Gasteiger partial charge in [0.2, 0.25) is 0 Å². The Kier molecular flexibility index (Phi) is 4.34. The van der Waals surface area contributed by atoms with E-state index in [0.717, 1.165) is 12.1 Å². The summed E-state index contributed by atoms with van der Waals surface area (Å²) in [6.07, 6.45) is -2.74. The molecule has 0 fully saturated rings. The van der Waals surface area contributed by atoms with Crippen LogP contribution < -0.4 is 0 Å². The Hall–Kier alpha value is -1.29. The van der Waals surface area contributed by atoms with E-state index < -0.39 is 17.5 Å². The number of carbonyl (C=O) groups is 1. The van der Waals surface area contributed by atoms with Gasteiger partial charge in [-0.1, -0.05) is 17.7 Å². The minimum Gasteiger partial charge on any atom is -0.294 e. The SMILES string of the molecule is C=CCCC(=O)c1ccc(Cl)cc1C(F)(F)F. The molecule has 0 radical (unpaired) electrons. The number of hydrogen-bond donors (Lipinski definition) is 0. The standard InChI is InChI=1S/C12H10ClF3O/c1-2-3-4-11(17)9-6-5-8(13)7-10(9)12(14,15)16/h2,5-7H,1,3-4H2. The number of hydrogen-bond acceptors (Lipinski definition) is 1. The van der Waals surface area contributed by atoms with Gasteiger partial charge in [-0.05, 0) is 24.6 Å². The lowest BCUT2D eigenvalue weighted by Crippen LogP contribution is -2.13. The smallest absolute Gasteiger partial charge is 0.294 e. The van der Waals surface area contributed by atoms with Crippen molar-refractivity contribution in [3.8, 4) is 0 Å². The first kappa shape index (κ1) is 13.8. The summed E-state index contributed by atoms with van der Waals surface area (Å²) in [6, 6.07) is 3.15. The fraction of sp³-hybridized carbons (Fsp3) is 0.250. The third-order valence-corrected chi connectivity index (χ3v) is 2.40. The van der Waals surface area contributed by atoms with Crippen LogP contribution in [0.2, 0.25) is 5.02 Å². The highest BCUT2D eigenvalue weighted by molar-refractivity contribution is 6.30. The molecule has 0 N–H and O–H groups in total. The van der Waals surface area contributed by atoms with E-state index >= 15 is 0 Å². The Morgan fingerprint density at radius 3 is 2.59 bits per heavy atom. The molecule has 1 aromatic carbocycles. The van der Waals surface area contributed by atoms with Gasteiger partial charge in [0.25, 0.3) is 0 Å². The summed E-state index contributed by atoms with van der Waals surface area (Å²) in [4.78, 5) is 11.6. The number of carbonyl (C=O) groups excluding carboxylic acids is 1. The van der Waals surface area contributed by atoms with Crippen LogP contribution >= 0.6 is 11.6 Å². The van der Waals surface area contributed by atoms with Crippen molar-refractivity contribution in [1.82, 2.24) is 0 Å². The largest absolute Gasteiger partial charge is 0.417 e. The van der Waals surface area contributed by atoms with E-state index in [1.54, 1.807) is 0 Å². The molecule has 0 bridgehead atoms. The fourth-order valence-corrected chi connectivity index (χ4v) is 1.53. The first-order valence-corrected chi connectivity index (χ1v) is 5.25. The lowest BCUT2D eigenvalue weighted by Gasteiger charge is -2.12. The Morgan fingerprint density at radius 1 is 1.41 bits per heavy atom.